The Bertz CT molecular complexity index is 953. The van der Waals surface area contributed by atoms with Crippen LogP contribution in [0.15, 0.2) is 48.5 Å². The van der Waals surface area contributed by atoms with Gasteiger partial charge in [-0.15, -0.1) is 5.10 Å². The fraction of sp³-hybridized carbons (Fsp3) is 0.286. The minimum absolute atomic E-state index is 0.0178. The largest absolute Gasteiger partial charge is 0.462 e. The Labute approximate surface area is 168 Å². The standard InChI is InChI=1S/C21H23FN4O3/c1-14(2)12-29-21-24-20(15-4-6-16(22)7-5-15)26(25-21)18-10-8-17(9-11-18)23-19(27)13-28-3/h4-11,14H,12-13H2,1-3H3,(H,23,27). The third-order valence-electron chi connectivity index (χ3n) is 3.91. The number of carbonyl (C=O) groups excluding carboxylic acids is 1. The van der Waals surface area contributed by atoms with E-state index in [0.29, 0.717) is 29.6 Å². The molecular weight excluding hydrogens is 375 g/mol. The van der Waals surface area contributed by atoms with Crippen LogP contribution in [0, 0.1) is 11.7 Å². The maximum Gasteiger partial charge on any atom is 0.336 e. The van der Waals surface area contributed by atoms with Gasteiger partial charge in [0, 0.05) is 18.4 Å². The van der Waals surface area contributed by atoms with Crippen molar-refractivity contribution in [3.05, 3.63) is 54.3 Å². The number of carbonyl (C=O) groups is 1. The summed E-state index contributed by atoms with van der Waals surface area (Å²) in [6.07, 6.45) is 0. The molecule has 0 fully saturated rings. The summed E-state index contributed by atoms with van der Waals surface area (Å²) < 4.78 is 25.4. The topological polar surface area (TPSA) is 78.3 Å². The van der Waals surface area contributed by atoms with Crippen LogP contribution in [-0.2, 0) is 9.53 Å². The Morgan fingerprint density at radius 1 is 1.14 bits per heavy atom. The summed E-state index contributed by atoms with van der Waals surface area (Å²) in [6, 6.07) is 13.4. The van der Waals surface area contributed by atoms with Crippen molar-refractivity contribution in [2.75, 3.05) is 25.6 Å². The van der Waals surface area contributed by atoms with Gasteiger partial charge in [0.1, 0.15) is 12.4 Å². The summed E-state index contributed by atoms with van der Waals surface area (Å²) in [5.74, 6) is 0.288. The number of halogens is 1. The third kappa shape index (κ3) is 5.39. The van der Waals surface area contributed by atoms with Crippen LogP contribution < -0.4 is 10.1 Å². The van der Waals surface area contributed by atoms with Crippen LogP contribution in [0.1, 0.15) is 13.8 Å². The van der Waals surface area contributed by atoms with Crippen molar-refractivity contribution in [1.29, 1.82) is 0 Å². The van der Waals surface area contributed by atoms with E-state index in [2.05, 4.69) is 15.4 Å². The number of anilines is 1. The number of rotatable bonds is 8. The summed E-state index contributed by atoms with van der Waals surface area (Å²) in [4.78, 5) is 16.1. The predicted molar refractivity (Wildman–Crippen MR) is 108 cm³/mol. The highest BCUT2D eigenvalue weighted by atomic mass is 19.1. The molecule has 29 heavy (non-hydrogen) atoms. The van der Waals surface area contributed by atoms with Crippen molar-refractivity contribution in [2.45, 2.75) is 13.8 Å². The first kappa shape index (κ1) is 20.5. The average molecular weight is 398 g/mol. The Hall–Kier alpha value is -3.26. The first-order valence-corrected chi connectivity index (χ1v) is 9.21. The third-order valence-corrected chi connectivity index (χ3v) is 3.91. The van der Waals surface area contributed by atoms with Gasteiger partial charge in [-0.3, -0.25) is 4.79 Å². The molecule has 2 aromatic carbocycles. The number of hydrogen-bond donors (Lipinski definition) is 1. The summed E-state index contributed by atoms with van der Waals surface area (Å²) in [5.41, 5.74) is 2.06. The smallest absolute Gasteiger partial charge is 0.336 e. The molecule has 152 valence electrons. The second-order valence-corrected chi connectivity index (χ2v) is 6.87. The number of benzene rings is 2. The van der Waals surface area contributed by atoms with E-state index in [1.807, 2.05) is 13.8 Å². The Morgan fingerprint density at radius 3 is 2.45 bits per heavy atom. The van der Waals surface area contributed by atoms with Crippen molar-refractivity contribution in [2.24, 2.45) is 5.92 Å². The number of amides is 1. The molecule has 0 unspecified atom stereocenters. The lowest BCUT2D eigenvalue weighted by atomic mass is 10.2. The molecule has 0 aliphatic heterocycles. The molecular formula is C21H23FN4O3. The number of ether oxygens (including phenoxy) is 2. The molecule has 0 radical (unpaired) electrons. The average Bonchev–Trinajstić information content (AvgIpc) is 3.12. The second-order valence-electron chi connectivity index (χ2n) is 6.87. The normalized spacial score (nSPS) is 10.9. The number of aromatic nitrogens is 3. The Morgan fingerprint density at radius 2 is 1.83 bits per heavy atom. The van der Waals surface area contributed by atoms with Crippen LogP contribution in [0.4, 0.5) is 10.1 Å². The highest BCUT2D eigenvalue weighted by Crippen LogP contribution is 2.25. The number of nitrogens with one attached hydrogen (secondary N) is 1. The fourth-order valence-corrected chi connectivity index (χ4v) is 2.58. The Balaban J connectivity index is 1.91. The highest BCUT2D eigenvalue weighted by Gasteiger charge is 2.15. The van der Waals surface area contributed by atoms with Gasteiger partial charge in [-0.2, -0.15) is 4.98 Å². The molecule has 0 spiro atoms. The molecule has 0 aliphatic carbocycles. The molecule has 1 amide bonds. The zero-order chi connectivity index (χ0) is 20.8. The summed E-state index contributed by atoms with van der Waals surface area (Å²) in [7, 11) is 1.46. The van der Waals surface area contributed by atoms with Crippen LogP contribution >= 0.6 is 0 Å². The summed E-state index contributed by atoms with van der Waals surface area (Å²) >= 11 is 0. The van der Waals surface area contributed by atoms with Crippen molar-refractivity contribution in [1.82, 2.24) is 14.8 Å². The van der Waals surface area contributed by atoms with Crippen molar-refractivity contribution >= 4 is 11.6 Å². The maximum absolute atomic E-state index is 13.3. The van der Waals surface area contributed by atoms with Gasteiger partial charge in [0.05, 0.1) is 12.3 Å². The molecule has 1 heterocycles. The van der Waals surface area contributed by atoms with E-state index in [9.17, 15) is 9.18 Å². The van der Waals surface area contributed by atoms with E-state index in [-0.39, 0.29) is 24.3 Å². The quantitative estimate of drug-likeness (QED) is 0.626. The van der Waals surface area contributed by atoms with Gasteiger partial charge < -0.3 is 14.8 Å². The molecule has 1 aromatic heterocycles. The van der Waals surface area contributed by atoms with Crippen LogP contribution in [0.5, 0.6) is 6.01 Å². The van der Waals surface area contributed by atoms with Gasteiger partial charge in [0.15, 0.2) is 5.82 Å². The maximum atomic E-state index is 13.3. The van der Waals surface area contributed by atoms with E-state index >= 15 is 0 Å². The lowest BCUT2D eigenvalue weighted by Gasteiger charge is -2.08. The van der Waals surface area contributed by atoms with Crippen molar-refractivity contribution in [3.63, 3.8) is 0 Å². The van der Waals surface area contributed by atoms with E-state index in [1.165, 1.54) is 19.2 Å². The van der Waals surface area contributed by atoms with E-state index in [4.69, 9.17) is 9.47 Å². The highest BCUT2D eigenvalue weighted by molar-refractivity contribution is 5.91. The van der Waals surface area contributed by atoms with Gasteiger partial charge in [-0.1, -0.05) is 13.8 Å². The first-order chi connectivity index (χ1) is 14.0. The van der Waals surface area contributed by atoms with Gasteiger partial charge >= 0.3 is 6.01 Å². The SMILES string of the molecule is COCC(=O)Nc1ccc(-n2nc(OCC(C)C)nc2-c2ccc(F)cc2)cc1. The van der Waals surface area contributed by atoms with Crippen LogP contribution in [0.25, 0.3) is 17.1 Å². The lowest BCUT2D eigenvalue weighted by Crippen LogP contribution is -2.17. The molecule has 0 bridgehead atoms. The zero-order valence-corrected chi connectivity index (χ0v) is 16.6. The Kier molecular flexibility index (Phi) is 6.56. The van der Waals surface area contributed by atoms with Gasteiger partial charge in [-0.25, -0.2) is 9.07 Å². The molecule has 3 rings (SSSR count). The van der Waals surface area contributed by atoms with Crippen LogP contribution in [-0.4, -0.2) is 41.0 Å². The lowest BCUT2D eigenvalue weighted by molar-refractivity contribution is -0.119. The fourth-order valence-electron chi connectivity index (χ4n) is 2.58. The van der Waals surface area contributed by atoms with Crippen molar-refractivity contribution in [3.8, 4) is 23.1 Å². The molecule has 1 N–H and O–H groups in total. The minimum Gasteiger partial charge on any atom is -0.462 e. The molecule has 8 heteroatoms. The van der Waals surface area contributed by atoms with Gasteiger partial charge in [0.25, 0.3) is 0 Å². The molecule has 0 saturated carbocycles. The van der Waals surface area contributed by atoms with Gasteiger partial charge in [0.2, 0.25) is 5.91 Å². The molecule has 0 aliphatic rings. The van der Waals surface area contributed by atoms with Crippen molar-refractivity contribution < 1.29 is 18.7 Å². The van der Waals surface area contributed by atoms with Gasteiger partial charge in [-0.05, 0) is 54.4 Å². The molecule has 7 nitrogen and oxygen atoms in total. The second kappa shape index (κ2) is 9.29. The van der Waals surface area contributed by atoms with E-state index in [1.54, 1.807) is 41.1 Å². The molecule has 3 aromatic rings. The van der Waals surface area contributed by atoms with Crippen LogP contribution in [0.2, 0.25) is 0 Å². The number of methoxy groups -OCH3 is 1. The first-order valence-electron chi connectivity index (χ1n) is 9.21. The van der Waals surface area contributed by atoms with E-state index < -0.39 is 0 Å². The monoisotopic (exact) mass is 398 g/mol. The van der Waals surface area contributed by atoms with E-state index in [0.717, 1.165) is 5.69 Å². The summed E-state index contributed by atoms with van der Waals surface area (Å²) in [6.45, 7) is 4.54. The zero-order valence-electron chi connectivity index (χ0n) is 16.6. The summed E-state index contributed by atoms with van der Waals surface area (Å²) in [5, 5.41) is 7.19. The number of hydrogen-bond acceptors (Lipinski definition) is 5. The number of nitrogens with zero attached hydrogens (tertiary/aromatic N) is 3. The predicted octanol–water partition coefficient (Wildman–Crippen LogP) is 3.69. The molecule has 0 saturated heterocycles. The minimum atomic E-state index is -0.327. The molecule has 0 atom stereocenters. The van der Waals surface area contributed by atoms with Crippen LogP contribution in [0.3, 0.4) is 0 Å².